The van der Waals surface area contributed by atoms with Crippen molar-refractivity contribution in [2.45, 2.75) is 51.5 Å². The maximum absolute atomic E-state index is 12.1. The number of nitrogens with two attached hydrogens (primary N) is 1. The van der Waals surface area contributed by atoms with E-state index in [1.54, 1.807) is 12.1 Å². The van der Waals surface area contributed by atoms with Crippen LogP contribution in [-0.2, 0) is 28.4 Å². The predicted octanol–water partition coefficient (Wildman–Crippen LogP) is -5.94. The number of aliphatic hydroxyl groups excluding tert-OH is 4. The minimum atomic E-state index is -1.65. The molecule has 2 aliphatic rings. The number of carboxylic acids is 1. The van der Waals surface area contributed by atoms with Crippen molar-refractivity contribution in [3.8, 4) is 17.5 Å². The molecule has 0 saturated heterocycles. The first-order valence-electron chi connectivity index (χ1n) is 10.4. The first kappa shape index (κ1) is 39.7. The fourth-order valence-corrected chi connectivity index (χ4v) is 3.11. The smallest absolute Gasteiger partial charge is 0.844 e. The van der Waals surface area contributed by atoms with Gasteiger partial charge >= 0.3 is 17.1 Å². The van der Waals surface area contributed by atoms with Gasteiger partial charge in [0.05, 0.1) is 30.2 Å². The second kappa shape index (κ2) is 17.6. The normalized spacial score (nSPS) is 12.4. The van der Waals surface area contributed by atoms with E-state index in [4.69, 9.17) is 10.8 Å². The van der Waals surface area contributed by atoms with E-state index in [1.807, 2.05) is 13.8 Å². The number of aromatic nitrogens is 4. The molecule has 12 N–H and O–H groups in total. The molecule has 17 heteroatoms. The van der Waals surface area contributed by atoms with E-state index in [1.165, 1.54) is 4.57 Å². The summed E-state index contributed by atoms with van der Waals surface area (Å²) in [6, 6.07) is 2.52. The largest absolute Gasteiger partial charge is 2.00 e. The number of nitrogens with zero attached hydrogens (tertiary/aromatic N) is 4. The van der Waals surface area contributed by atoms with Gasteiger partial charge in [-0.2, -0.15) is 0 Å². The van der Waals surface area contributed by atoms with Crippen LogP contribution in [0.4, 0.5) is 0 Å². The van der Waals surface area contributed by atoms with Crippen LogP contribution in [0.1, 0.15) is 24.0 Å². The Morgan fingerprint density at radius 1 is 1.05 bits per heavy atom. The Morgan fingerprint density at radius 3 is 2.13 bits per heavy atom. The summed E-state index contributed by atoms with van der Waals surface area (Å²) in [5.41, 5.74) is 6.73. The number of aliphatic carboxylic acids is 1. The Kier molecular flexibility index (Phi) is 18.4. The van der Waals surface area contributed by atoms with Crippen LogP contribution in [-0.4, -0.2) is 93.8 Å². The molecule has 3 rings (SSSR count). The maximum atomic E-state index is 12.1. The molecular weight excluding hydrogens is 554 g/mol. The summed E-state index contributed by atoms with van der Waals surface area (Å²) in [4.78, 5) is 33.0. The third kappa shape index (κ3) is 9.80. The molecule has 1 aromatic rings. The van der Waals surface area contributed by atoms with Gasteiger partial charge in [-0.15, -0.1) is 0 Å². The number of rotatable bonds is 8. The van der Waals surface area contributed by atoms with Crippen molar-refractivity contribution in [3.63, 3.8) is 0 Å². The topological polar surface area (TPSA) is 325 Å². The van der Waals surface area contributed by atoms with E-state index in [0.29, 0.717) is 24.0 Å². The Morgan fingerprint density at radius 2 is 1.63 bits per heavy atom. The number of carbonyl (C=O) groups excluding carboxylic acids is 1. The summed E-state index contributed by atoms with van der Waals surface area (Å²) >= 11 is 0. The van der Waals surface area contributed by atoms with E-state index >= 15 is 0 Å². The number of carboxylic acid groups (broad SMARTS) is 1. The summed E-state index contributed by atoms with van der Waals surface area (Å²) in [5, 5.41) is 60.0. The molecule has 0 aliphatic carbocycles. The standard InChI is InChI=1S/C17H20N4O6.C4H9NO2.Fe.3H2O/c1-7-3-9-10(4-8(7)2)21(5-11(23)14(25)12(24)6-22)15-13(18-9)16(26)20-17(27)19-15;5-3-1-2-4(6)7;;;;/h3-4,11-12,14,22-25H,5-6H2,1-2H3,(H,20,26,27);1-3,5H2,(H,6,7);;3*1H2/q;;+2;;;/p-2. The van der Waals surface area contributed by atoms with Gasteiger partial charge in [0.15, 0.2) is 11.5 Å². The molecule has 0 radical (unpaired) electrons. The van der Waals surface area contributed by atoms with Crippen molar-refractivity contribution in [1.29, 1.82) is 0 Å². The van der Waals surface area contributed by atoms with Crippen LogP contribution >= 0.6 is 0 Å². The number of fused-ring (bicyclic) bond motifs is 2. The van der Waals surface area contributed by atoms with Gasteiger partial charge in [-0.1, -0.05) is 0 Å². The van der Waals surface area contributed by atoms with Gasteiger partial charge in [0, 0.05) is 5.97 Å². The van der Waals surface area contributed by atoms with Gasteiger partial charge in [-0.05, 0) is 56.5 Å². The molecule has 0 spiro atoms. The monoisotopic (exact) mass is 587 g/mol. The number of aliphatic hydroxyl groups is 4. The SMILES string of the molecule is Cc1cc2nc3c(=O)nc([O-])nc-3n(CC(O)C(O)C(O)CO)c2cc1C.NCCCC(=O)[O-].O.O.O.[Fe+2]. The van der Waals surface area contributed by atoms with Crippen molar-refractivity contribution in [2.24, 2.45) is 5.73 Å². The second-order valence-electron chi connectivity index (χ2n) is 7.70. The molecule has 0 amide bonds. The predicted molar refractivity (Wildman–Crippen MR) is 126 cm³/mol. The summed E-state index contributed by atoms with van der Waals surface area (Å²) in [6.45, 7) is 3.12. The van der Waals surface area contributed by atoms with Crippen molar-refractivity contribution < 1.29 is 68.9 Å². The van der Waals surface area contributed by atoms with Crippen molar-refractivity contribution >= 4 is 17.0 Å². The van der Waals surface area contributed by atoms with Crippen LogP contribution < -0.4 is 21.5 Å². The zero-order valence-electron chi connectivity index (χ0n) is 20.6. The van der Waals surface area contributed by atoms with Gasteiger partial charge in [0.2, 0.25) is 0 Å². The van der Waals surface area contributed by atoms with Crippen molar-refractivity contribution in [2.75, 3.05) is 13.2 Å². The Balaban J connectivity index is -0.000000990. The Bertz CT molecular complexity index is 1180. The number of benzene rings is 1. The summed E-state index contributed by atoms with van der Waals surface area (Å²) in [7, 11) is 0. The maximum Gasteiger partial charge on any atom is 2.00 e. The van der Waals surface area contributed by atoms with E-state index in [0.717, 1.165) is 11.1 Å². The van der Waals surface area contributed by atoms with Crippen molar-refractivity contribution in [1.82, 2.24) is 19.5 Å². The third-order valence-corrected chi connectivity index (χ3v) is 5.11. The van der Waals surface area contributed by atoms with Gasteiger partial charge in [0.25, 0.3) is 5.56 Å². The zero-order valence-corrected chi connectivity index (χ0v) is 21.7. The molecule has 3 unspecified atom stereocenters. The van der Waals surface area contributed by atoms with E-state index in [9.17, 15) is 35.1 Å². The molecule has 2 heterocycles. The zero-order chi connectivity index (χ0) is 25.6. The molecule has 3 atom stereocenters. The second-order valence-corrected chi connectivity index (χ2v) is 7.70. The number of hydrogen-bond donors (Lipinski definition) is 5. The molecule has 0 saturated carbocycles. The molecular formula is C21H33FeN5O11. The van der Waals surface area contributed by atoms with E-state index < -0.39 is 42.5 Å². The van der Waals surface area contributed by atoms with E-state index in [-0.39, 0.29) is 58.0 Å². The summed E-state index contributed by atoms with van der Waals surface area (Å²) in [5.74, 6) is -1.11. The fourth-order valence-electron chi connectivity index (χ4n) is 3.11. The van der Waals surface area contributed by atoms with Gasteiger partial charge in [-0.25, -0.2) is 15.0 Å². The van der Waals surface area contributed by atoms with Crippen LogP contribution in [0.5, 0.6) is 6.01 Å². The van der Waals surface area contributed by atoms with E-state index in [2.05, 4.69) is 15.0 Å². The molecule has 216 valence electrons. The molecule has 0 aromatic heterocycles. The van der Waals surface area contributed by atoms with Crippen LogP contribution in [0.2, 0.25) is 0 Å². The molecule has 16 nitrogen and oxygen atoms in total. The summed E-state index contributed by atoms with van der Waals surface area (Å²) < 4.78 is 1.38. The number of carbonyl (C=O) groups is 1. The minimum Gasteiger partial charge on any atom is -0.844 e. The molecule has 0 fully saturated rings. The number of hydrogen-bond acceptors (Lipinski definition) is 12. The Labute approximate surface area is 227 Å². The van der Waals surface area contributed by atoms with Gasteiger partial charge < -0.3 is 62.2 Å². The first-order valence-corrected chi connectivity index (χ1v) is 10.4. The number of aryl methyl sites for hydroxylation is 2. The van der Waals surface area contributed by atoms with Crippen LogP contribution in [0, 0.1) is 13.8 Å². The summed E-state index contributed by atoms with van der Waals surface area (Å²) in [6.07, 6.45) is -4.11. The molecule has 1 aromatic carbocycles. The molecule has 2 aliphatic heterocycles. The minimum absolute atomic E-state index is 0. The molecule has 38 heavy (non-hydrogen) atoms. The Hall–Kier alpha value is -2.83. The molecule has 0 bridgehead atoms. The average Bonchev–Trinajstić information content (AvgIpc) is 2.78. The van der Waals surface area contributed by atoms with Gasteiger partial charge in [0.1, 0.15) is 18.3 Å². The van der Waals surface area contributed by atoms with Crippen molar-refractivity contribution in [3.05, 3.63) is 33.6 Å². The van der Waals surface area contributed by atoms with Crippen LogP contribution in [0.25, 0.3) is 22.6 Å². The van der Waals surface area contributed by atoms with Crippen LogP contribution in [0.15, 0.2) is 16.9 Å². The third-order valence-electron chi connectivity index (χ3n) is 5.11. The quantitative estimate of drug-likeness (QED) is 0.121. The van der Waals surface area contributed by atoms with Crippen LogP contribution in [0.3, 0.4) is 0 Å². The first-order chi connectivity index (χ1) is 16.0. The van der Waals surface area contributed by atoms with Gasteiger partial charge in [-0.3, -0.25) is 4.79 Å². The fraction of sp³-hybridized carbons (Fsp3) is 0.476. The average molecular weight is 587 g/mol.